The van der Waals surface area contributed by atoms with Gasteiger partial charge in [0.2, 0.25) is 0 Å². The van der Waals surface area contributed by atoms with Crippen molar-refractivity contribution in [1.29, 1.82) is 0 Å². The molecule has 0 aromatic heterocycles. The molecule has 0 radical (unpaired) electrons. The number of halogens is 1. The van der Waals surface area contributed by atoms with Crippen LogP contribution in [0.25, 0.3) is 0 Å². The molecule has 1 fully saturated rings. The van der Waals surface area contributed by atoms with Crippen LogP contribution in [0.2, 0.25) is 0 Å². The minimum absolute atomic E-state index is 0.109. The minimum Gasteiger partial charge on any atom is -0.493 e. The summed E-state index contributed by atoms with van der Waals surface area (Å²) in [7, 11) is 3.24. The van der Waals surface area contributed by atoms with Gasteiger partial charge in [-0.3, -0.25) is 4.79 Å². The second-order valence-electron chi connectivity index (χ2n) is 4.50. The summed E-state index contributed by atoms with van der Waals surface area (Å²) in [4.78, 5) is 12.6. The van der Waals surface area contributed by atoms with Gasteiger partial charge >= 0.3 is 0 Å². The van der Waals surface area contributed by atoms with Gasteiger partial charge in [0.05, 0.1) is 27.3 Å². The highest BCUT2D eigenvalue weighted by molar-refractivity contribution is 9.10. The van der Waals surface area contributed by atoms with E-state index in [0.717, 1.165) is 29.7 Å². The molecule has 19 heavy (non-hydrogen) atoms. The quantitative estimate of drug-likeness (QED) is 0.816. The second kappa shape index (κ2) is 6.25. The Labute approximate surface area is 121 Å². The van der Waals surface area contributed by atoms with Crippen LogP contribution in [0.4, 0.5) is 0 Å². The molecule has 0 bridgehead atoms. The Kier molecular flexibility index (Phi) is 4.66. The lowest BCUT2D eigenvalue weighted by atomic mass is 10.1. The molecule has 1 heterocycles. The van der Waals surface area contributed by atoms with Gasteiger partial charge in [-0.05, 0) is 12.1 Å². The zero-order valence-electron chi connectivity index (χ0n) is 11.1. The highest BCUT2D eigenvalue weighted by atomic mass is 79.9. The monoisotopic (exact) mass is 329 g/mol. The fraction of sp³-hybridized carbons (Fsp3) is 0.462. The van der Waals surface area contributed by atoms with Gasteiger partial charge in [-0.1, -0.05) is 15.9 Å². The third-order valence-corrected chi connectivity index (χ3v) is 3.94. The lowest BCUT2D eigenvalue weighted by Gasteiger charge is -2.24. The second-order valence-corrected chi connectivity index (χ2v) is 5.36. The number of hydrogen-bond donors (Lipinski definition) is 2. The summed E-state index contributed by atoms with van der Waals surface area (Å²) < 4.78 is 11.5. The van der Waals surface area contributed by atoms with Crippen LogP contribution in [-0.2, 0) is 11.3 Å². The number of piperazine rings is 1. The largest absolute Gasteiger partial charge is 0.493 e. The Morgan fingerprint density at radius 3 is 2.63 bits per heavy atom. The molecule has 1 aliphatic heterocycles. The predicted octanol–water partition coefficient (Wildman–Crippen LogP) is -0.0190. The van der Waals surface area contributed by atoms with E-state index in [0.29, 0.717) is 18.0 Å². The number of rotatable bonds is 4. The number of carbonyl (C=O) groups is 1. The van der Waals surface area contributed by atoms with Crippen LogP contribution in [0.15, 0.2) is 16.6 Å². The van der Waals surface area contributed by atoms with E-state index < -0.39 is 0 Å². The lowest BCUT2D eigenvalue weighted by Crippen LogP contribution is -3.14. The number of carbonyl (C=O) groups excluding carboxylic acids is 1. The van der Waals surface area contributed by atoms with Crippen molar-refractivity contribution in [1.82, 2.24) is 5.32 Å². The molecule has 0 saturated carbocycles. The molecule has 1 aromatic carbocycles. The third-order valence-electron chi connectivity index (χ3n) is 3.20. The first-order valence-electron chi connectivity index (χ1n) is 6.14. The van der Waals surface area contributed by atoms with E-state index in [-0.39, 0.29) is 5.91 Å². The molecule has 2 rings (SSSR count). The average molecular weight is 330 g/mol. The van der Waals surface area contributed by atoms with Gasteiger partial charge in [0, 0.05) is 10.0 Å². The maximum Gasteiger partial charge on any atom is 0.275 e. The molecule has 1 saturated heterocycles. The first-order valence-corrected chi connectivity index (χ1v) is 6.94. The third kappa shape index (κ3) is 3.39. The van der Waals surface area contributed by atoms with Gasteiger partial charge in [0.15, 0.2) is 18.0 Å². The van der Waals surface area contributed by atoms with Crippen molar-refractivity contribution in [2.24, 2.45) is 0 Å². The molecule has 0 aliphatic carbocycles. The number of nitrogens with one attached hydrogen (secondary N) is 2. The molecular formula is C13H18BrN2O3+. The van der Waals surface area contributed by atoms with E-state index in [9.17, 15) is 4.79 Å². The topological polar surface area (TPSA) is 52.0 Å². The highest BCUT2D eigenvalue weighted by Gasteiger charge is 2.21. The highest BCUT2D eigenvalue weighted by Crippen LogP contribution is 2.32. The van der Waals surface area contributed by atoms with Gasteiger partial charge in [0.1, 0.15) is 6.54 Å². The number of methoxy groups -OCH3 is 2. The molecule has 5 nitrogen and oxygen atoms in total. The smallest absolute Gasteiger partial charge is 0.275 e. The maximum atomic E-state index is 11.4. The van der Waals surface area contributed by atoms with Crippen LogP contribution in [0.3, 0.4) is 0 Å². The standard InChI is InChI=1S/C13H17BrN2O3/c1-18-11-5-9(10(14)6-12(11)19-2)7-16-4-3-15-13(17)8-16/h5-6H,3-4,7-8H2,1-2H3,(H,15,17)/p+1. The molecule has 1 unspecified atom stereocenters. The molecule has 1 aliphatic rings. The summed E-state index contributed by atoms with van der Waals surface area (Å²) in [6, 6.07) is 3.86. The molecule has 104 valence electrons. The van der Waals surface area contributed by atoms with Gasteiger partial charge < -0.3 is 19.7 Å². The average Bonchev–Trinajstić information content (AvgIpc) is 2.40. The predicted molar refractivity (Wildman–Crippen MR) is 74.7 cm³/mol. The zero-order chi connectivity index (χ0) is 13.8. The SMILES string of the molecule is COc1cc(Br)c(C[NH+]2CCNC(=O)C2)cc1OC. The molecule has 1 amide bonds. The molecule has 1 atom stereocenters. The van der Waals surface area contributed by atoms with Crippen molar-refractivity contribution < 1.29 is 19.2 Å². The van der Waals surface area contributed by atoms with Crippen molar-refractivity contribution in [2.75, 3.05) is 33.9 Å². The number of benzene rings is 1. The Bertz CT molecular complexity index is 479. The van der Waals surface area contributed by atoms with E-state index >= 15 is 0 Å². The van der Waals surface area contributed by atoms with Crippen molar-refractivity contribution >= 4 is 21.8 Å². The molecule has 1 aromatic rings. The Morgan fingerprint density at radius 2 is 2.00 bits per heavy atom. The van der Waals surface area contributed by atoms with Crippen molar-refractivity contribution in [3.8, 4) is 11.5 Å². The van der Waals surface area contributed by atoms with Crippen LogP contribution < -0.4 is 19.7 Å². The van der Waals surface area contributed by atoms with Gasteiger partial charge in [-0.2, -0.15) is 0 Å². The Hall–Kier alpha value is -1.27. The number of hydrogen-bond acceptors (Lipinski definition) is 3. The molecular weight excluding hydrogens is 312 g/mol. The summed E-state index contributed by atoms with van der Waals surface area (Å²) in [5.74, 6) is 1.52. The fourth-order valence-electron chi connectivity index (χ4n) is 2.21. The van der Waals surface area contributed by atoms with Crippen LogP contribution in [0.1, 0.15) is 5.56 Å². The van der Waals surface area contributed by atoms with Crippen LogP contribution in [0.5, 0.6) is 11.5 Å². The first-order chi connectivity index (χ1) is 9.13. The van der Waals surface area contributed by atoms with Crippen molar-refractivity contribution in [2.45, 2.75) is 6.54 Å². The van der Waals surface area contributed by atoms with E-state index in [4.69, 9.17) is 9.47 Å². The summed E-state index contributed by atoms with van der Waals surface area (Å²) in [5.41, 5.74) is 1.11. The Balaban J connectivity index is 2.17. The van der Waals surface area contributed by atoms with Crippen LogP contribution in [0, 0.1) is 0 Å². The fourth-order valence-corrected chi connectivity index (χ4v) is 2.67. The van der Waals surface area contributed by atoms with Crippen molar-refractivity contribution in [3.05, 3.63) is 22.2 Å². The number of amides is 1. The van der Waals surface area contributed by atoms with Crippen LogP contribution in [-0.4, -0.2) is 39.8 Å². The Morgan fingerprint density at radius 1 is 1.32 bits per heavy atom. The van der Waals surface area contributed by atoms with E-state index in [1.54, 1.807) is 14.2 Å². The molecule has 6 heteroatoms. The zero-order valence-corrected chi connectivity index (χ0v) is 12.7. The van der Waals surface area contributed by atoms with E-state index in [2.05, 4.69) is 21.2 Å². The van der Waals surface area contributed by atoms with Gasteiger partial charge in [0.25, 0.3) is 5.91 Å². The van der Waals surface area contributed by atoms with Crippen LogP contribution >= 0.6 is 15.9 Å². The summed E-state index contributed by atoms with van der Waals surface area (Å²) in [5, 5.41) is 2.84. The summed E-state index contributed by atoms with van der Waals surface area (Å²) in [6.45, 7) is 2.97. The normalized spacial score (nSPS) is 18.9. The molecule has 2 N–H and O–H groups in total. The van der Waals surface area contributed by atoms with Gasteiger partial charge in [-0.25, -0.2) is 0 Å². The van der Waals surface area contributed by atoms with Gasteiger partial charge in [-0.15, -0.1) is 0 Å². The first kappa shape index (κ1) is 14.1. The van der Waals surface area contributed by atoms with Crippen molar-refractivity contribution in [3.63, 3.8) is 0 Å². The van der Waals surface area contributed by atoms with E-state index in [1.165, 1.54) is 4.90 Å². The maximum absolute atomic E-state index is 11.4. The summed E-state index contributed by atoms with van der Waals surface area (Å²) >= 11 is 3.54. The summed E-state index contributed by atoms with van der Waals surface area (Å²) in [6.07, 6.45) is 0. The van der Waals surface area contributed by atoms with E-state index in [1.807, 2.05) is 12.1 Å². The minimum atomic E-state index is 0.109. The number of ether oxygens (including phenoxy) is 2. The molecule has 0 spiro atoms. The number of quaternary nitrogens is 1. The lowest BCUT2D eigenvalue weighted by molar-refractivity contribution is -0.907.